The Kier molecular flexibility index (Phi) is 4.12. The van der Waals surface area contributed by atoms with Crippen LogP contribution in [0.5, 0.6) is 0 Å². The maximum atomic E-state index is 10.9. The molecule has 0 spiro atoms. The molecular formula is C10H17N3O2S. The van der Waals surface area contributed by atoms with Gasteiger partial charge in [-0.1, -0.05) is 0 Å². The summed E-state index contributed by atoms with van der Waals surface area (Å²) in [4.78, 5) is 4.09. The van der Waals surface area contributed by atoms with Gasteiger partial charge in [0, 0.05) is 19.0 Å². The van der Waals surface area contributed by atoms with Gasteiger partial charge in [0.15, 0.2) is 0 Å². The standard InChI is InChI=1S/C10H17N3O2S/c1-8-4-6-13-10(9(8)11)12-5-3-7-16(2,14)15/h4,6H,3,5,7,11H2,1-2H3,(H,12,13). The van der Waals surface area contributed by atoms with Crippen molar-refractivity contribution < 1.29 is 8.42 Å². The highest BCUT2D eigenvalue weighted by Crippen LogP contribution is 2.18. The Hall–Kier alpha value is -1.30. The monoisotopic (exact) mass is 243 g/mol. The van der Waals surface area contributed by atoms with E-state index < -0.39 is 9.84 Å². The molecule has 6 heteroatoms. The van der Waals surface area contributed by atoms with Crippen LogP contribution in [0.15, 0.2) is 12.3 Å². The highest BCUT2D eigenvalue weighted by atomic mass is 32.2. The van der Waals surface area contributed by atoms with Crippen LogP contribution in [-0.2, 0) is 9.84 Å². The van der Waals surface area contributed by atoms with Crippen LogP contribution in [0.4, 0.5) is 11.5 Å². The number of hydrogen-bond donors (Lipinski definition) is 2. The maximum absolute atomic E-state index is 10.9. The number of nitrogen functional groups attached to an aromatic ring is 1. The van der Waals surface area contributed by atoms with Gasteiger partial charge in [0.05, 0.1) is 11.4 Å². The predicted molar refractivity (Wildman–Crippen MR) is 66.2 cm³/mol. The lowest BCUT2D eigenvalue weighted by Gasteiger charge is -2.09. The summed E-state index contributed by atoms with van der Waals surface area (Å²) < 4.78 is 21.8. The zero-order valence-corrected chi connectivity index (χ0v) is 10.3. The first-order chi connectivity index (χ1) is 7.40. The summed E-state index contributed by atoms with van der Waals surface area (Å²) in [5.74, 6) is 0.791. The van der Waals surface area contributed by atoms with Crippen LogP contribution < -0.4 is 11.1 Å². The van der Waals surface area contributed by atoms with Crippen molar-refractivity contribution in [2.75, 3.05) is 29.6 Å². The number of nitrogens with two attached hydrogens (primary N) is 1. The van der Waals surface area contributed by atoms with E-state index in [0.717, 1.165) is 5.56 Å². The summed E-state index contributed by atoms with van der Waals surface area (Å²) in [6.45, 7) is 2.45. The SMILES string of the molecule is Cc1ccnc(NCCCS(C)(=O)=O)c1N. The molecule has 90 valence electrons. The van der Waals surface area contributed by atoms with Crippen molar-refractivity contribution in [3.8, 4) is 0 Å². The van der Waals surface area contributed by atoms with Crippen LogP contribution >= 0.6 is 0 Å². The van der Waals surface area contributed by atoms with E-state index in [1.807, 2.05) is 13.0 Å². The van der Waals surface area contributed by atoms with E-state index in [4.69, 9.17) is 5.73 Å². The first kappa shape index (κ1) is 12.8. The summed E-state index contributed by atoms with van der Waals surface area (Å²) in [7, 11) is -2.89. The molecule has 0 unspecified atom stereocenters. The minimum absolute atomic E-state index is 0.172. The summed E-state index contributed by atoms with van der Waals surface area (Å²) >= 11 is 0. The number of nitrogens with zero attached hydrogens (tertiary/aromatic N) is 1. The first-order valence-corrected chi connectivity index (χ1v) is 7.09. The van der Waals surface area contributed by atoms with E-state index in [1.54, 1.807) is 6.20 Å². The van der Waals surface area contributed by atoms with Crippen LogP contribution in [-0.4, -0.2) is 32.0 Å². The van der Waals surface area contributed by atoms with Gasteiger partial charge in [-0.05, 0) is 25.0 Å². The second-order valence-corrected chi connectivity index (χ2v) is 6.06. The number of nitrogens with one attached hydrogen (secondary N) is 1. The fourth-order valence-corrected chi connectivity index (χ4v) is 1.92. The number of anilines is 2. The fraction of sp³-hybridized carbons (Fsp3) is 0.500. The van der Waals surface area contributed by atoms with Crippen LogP contribution in [0.3, 0.4) is 0 Å². The van der Waals surface area contributed by atoms with E-state index >= 15 is 0 Å². The molecular weight excluding hydrogens is 226 g/mol. The summed E-state index contributed by atoms with van der Waals surface area (Å²) in [6, 6.07) is 1.83. The number of aromatic nitrogens is 1. The van der Waals surface area contributed by atoms with Crippen molar-refractivity contribution >= 4 is 21.3 Å². The highest BCUT2D eigenvalue weighted by molar-refractivity contribution is 7.90. The third kappa shape index (κ3) is 4.06. The van der Waals surface area contributed by atoms with Gasteiger partial charge in [-0.3, -0.25) is 0 Å². The van der Waals surface area contributed by atoms with Crippen molar-refractivity contribution in [1.82, 2.24) is 4.98 Å². The van der Waals surface area contributed by atoms with Crippen molar-refractivity contribution in [3.05, 3.63) is 17.8 Å². The minimum Gasteiger partial charge on any atom is -0.396 e. The molecule has 3 N–H and O–H groups in total. The van der Waals surface area contributed by atoms with Gasteiger partial charge in [-0.2, -0.15) is 0 Å². The number of aryl methyl sites for hydroxylation is 1. The molecule has 0 aliphatic rings. The van der Waals surface area contributed by atoms with Gasteiger partial charge < -0.3 is 11.1 Å². The molecule has 0 aliphatic heterocycles. The minimum atomic E-state index is -2.89. The number of rotatable bonds is 5. The Morgan fingerprint density at radius 2 is 2.19 bits per heavy atom. The Bertz CT molecular complexity index is 457. The molecule has 0 atom stereocenters. The molecule has 0 saturated carbocycles. The lowest BCUT2D eigenvalue weighted by molar-refractivity contribution is 0.600. The molecule has 16 heavy (non-hydrogen) atoms. The molecule has 0 saturated heterocycles. The van der Waals surface area contributed by atoms with E-state index in [9.17, 15) is 8.42 Å². The third-order valence-electron chi connectivity index (χ3n) is 2.19. The molecule has 0 fully saturated rings. The average molecular weight is 243 g/mol. The Balaban J connectivity index is 2.47. The number of sulfone groups is 1. The summed E-state index contributed by atoms with van der Waals surface area (Å²) in [5, 5.41) is 3.03. The molecule has 5 nitrogen and oxygen atoms in total. The van der Waals surface area contributed by atoms with E-state index in [-0.39, 0.29) is 5.75 Å². The molecule has 0 bridgehead atoms. The molecule has 1 aromatic heterocycles. The van der Waals surface area contributed by atoms with Gasteiger partial charge in [0.25, 0.3) is 0 Å². The lowest BCUT2D eigenvalue weighted by Crippen LogP contribution is -2.11. The average Bonchev–Trinajstić information content (AvgIpc) is 2.17. The third-order valence-corrected chi connectivity index (χ3v) is 3.22. The van der Waals surface area contributed by atoms with Crippen LogP contribution in [0.25, 0.3) is 0 Å². The van der Waals surface area contributed by atoms with Crippen LogP contribution in [0.1, 0.15) is 12.0 Å². The molecule has 0 aromatic carbocycles. The van der Waals surface area contributed by atoms with E-state index in [0.29, 0.717) is 24.5 Å². The fourth-order valence-electron chi connectivity index (χ4n) is 1.25. The van der Waals surface area contributed by atoms with Gasteiger partial charge in [-0.15, -0.1) is 0 Å². The maximum Gasteiger partial charge on any atom is 0.149 e. The van der Waals surface area contributed by atoms with Gasteiger partial charge in [-0.25, -0.2) is 13.4 Å². The molecule has 1 heterocycles. The van der Waals surface area contributed by atoms with E-state index in [1.165, 1.54) is 6.26 Å². The van der Waals surface area contributed by atoms with Crippen LogP contribution in [0, 0.1) is 6.92 Å². The van der Waals surface area contributed by atoms with Crippen molar-refractivity contribution in [2.24, 2.45) is 0 Å². The lowest BCUT2D eigenvalue weighted by atomic mass is 10.2. The first-order valence-electron chi connectivity index (χ1n) is 5.03. The van der Waals surface area contributed by atoms with Crippen molar-refractivity contribution in [1.29, 1.82) is 0 Å². The van der Waals surface area contributed by atoms with Crippen LogP contribution in [0.2, 0.25) is 0 Å². The summed E-state index contributed by atoms with van der Waals surface area (Å²) in [5.41, 5.74) is 7.38. The van der Waals surface area contributed by atoms with Crippen molar-refractivity contribution in [3.63, 3.8) is 0 Å². The van der Waals surface area contributed by atoms with E-state index in [2.05, 4.69) is 10.3 Å². The van der Waals surface area contributed by atoms with Gasteiger partial charge in [0.2, 0.25) is 0 Å². The molecule has 0 aliphatic carbocycles. The number of hydrogen-bond acceptors (Lipinski definition) is 5. The normalized spacial score (nSPS) is 11.4. The Labute approximate surface area is 96.0 Å². The predicted octanol–water partition coefficient (Wildman–Crippen LogP) is 0.819. The van der Waals surface area contributed by atoms with Gasteiger partial charge in [0.1, 0.15) is 15.7 Å². The molecule has 1 rings (SSSR count). The molecule has 0 radical (unpaired) electrons. The Morgan fingerprint density at radius 3 is 2.81 bits per heavy atom. The zero-order valence-electron chi connectivity index (χ0n) is 9.53. The summed E-state index contributed by atoms with van der Waals surface area (Å²) in [6.07, 6.45) is 3.45. The smallest absolute Gasteiger partial charge is 0.149 e. The molecule has 1 aromatic rings. The zero-order chi connectivity index (χ0) is 12.2. The quantitative estimate of drug-likeness (QED) is 0.748. The highest BCUT2D eigenvalue weighted by Gasteiger charge is 2.04. The molecule has 0 amide bonds. The van der Waals surface area contributed by atoms with Crippen molar-refractivity contribution in [2.45, 2.75) is 13.3 Å². The Morgan fingerprint density at radius 1 is 1.50 bits per heavy atom. The largest absolute Gasteiger partial charge is 0.396 e. The van der Waals surface area contributed by atoms with Gasteiger partial charge >= 0.3 is 0 Å². The second-order valence-electron chi connectivity index (χ2n) is 3.80. The topological polar surface area (TPSA) is 85.1 Å². The second kappa shape index (κ2) is 5.16. The number of pyridine rings is 1.